The standard InChI is InChI=1S/C25H36N6O6/c1-4-13(2)21(27)24(35)30-18(9-10-20(26)32)23(34)29-14(3)22(33)31-19(25(36)37)11-15-12-28-17-8-6-5-7-16(15)17/h5-8,12-14,18-19,21,28H,4,9-11,27H2,1-3H3,(H2,26,32)(H,29,34)(H,30,35)(H,31,33)(H,36,37). The van der Waals surface area contributed by atoms with Crippen LogP contribution in [-0.2, 0) is 30.4 Å². The first-order chi connectivity index (χ1) is 17.4. The number of aromatic nitrogens is 1. The molecular weight excluding hydrogens is 480 g/mol. The molecule has 0 bridgehead atoms. The third-order valence-corrected chi connectivity index (χ3v) is 6.34. The molecule has 9 N–H and O–H groups in total. The lowest BCUT2D eigenvalue weighted by Gasteiger charge is -2.24. The lowest BCUT2D eigenvalue weighted by molar-refractivity contribution is -0.142. The summed E-state index contributed by atoms with van der Waals surface area (Å²) in [6.07, 6.45) is 2.09. The molecule has 0 aliphatic rings. The molecule has 2 aromatic rings. The number of nitrogens with one attached hydrogen (secondary N) is 4. The van der Waals surface area contributed by atoms with Gasteiger partial charge in [0.05, 0.1) is 6.04 Å². The highest BCUT2D eigenvalue weighted by Crippen LogP contribution is 2.19. The summed E-state index contributed by atoms with van der Waals surface area (Å²) in [6, 6.07) is 2.97. The summed E-state index contributed by atoms with van der Waals surface area (Å²) in [5.74, 6) is -4.06. The number of carboxylic acid groups (broad SMARTS) is 1. The van der Waals surface area contributed by atoms with Gasteiger partial charge in [0.15, 0.2) is 0 Å². The van der Waals surface area contributed by atoms with Crippen LogP contribution in [0.15, 0.2) is 30.5 Å². The fourth-order valence-electron chi connectivity index (χ4n) is 3.73. The highest BCUT2D eigenvalue weighted by Gasteiger charge is 2.30. The number of hydrogen-bond donors (Lipinski definition) is 7. The number of fused-ring (bicyclic) bond motifs is 1. The first-order valence-corrected chi connectivity index (χ1v) is 12.2. The van der Waals surface area contributed by atoms with Crippen molar-refractivity contribution in [2.45, 2.75) is 70.6 Å². The number of carboxylic acids is 1. The molecule has 0 spiro atoms. The lowest BCUT2D eigenvalue weighted by atomic mass is 9.98. The molecule has 0 aliphatic heterocycles. The third kappa shape index (κ3) is 8.31. The van der Waals surface area contributed by atoms with Crippen molar-refractivity contribution in [1.82, 2.24) is 20.9 Å². The number of carbonyl (C=O) groups is 5. The normalized spacial score (nSPS) is 15.1. The number of benzene rings is 1. The first-order valence-electron chi connectivity index (χ1n) is 12.2. The maximum Gasteiger partial charge on any atom is 0.326 e. The summed E-state index contributed by atoms with van der Waals surface area (Å²) >= 11 is 0. The Hall–Kier alpha value is -3.93. The highest BCUT2D eigenvalue weighted by atomic mass is 16.4. The maximum atomic E-state index is 12.9. The summed E-state index contributed by atoms with van der Waals surface area (Å²) in [7, 11) is 0. The summed E-state index contributed by atoms with van der Waals surface area (Å²) in [5.41, 5.74) is 12.7. The number of carbonyl (C=O) groups excluding carboxylic acids is 4. The van der Waals surface area contributed by atoms with Crippen molar-refractivity contribution in [2.75, 3.05) is 0 Å². The van der Waals surface area contributed by atoms with Crippen molar-refractivity contribution in [3.05, 3.63) is 36.0 Å². The average Bonchev–Trinajstić information content (AvgIpc) is 3.27. The van der Waals surface area contributed by atoms with Gasteiger partial charge in [-0.25, -0.2) is 4.79 Å². The van der Waals surface area contributed by atoms with Crippen molar-refractivity contribution >= 4 is 40.5 Å². The zero-order chi connectivity index (χ0) is 27.7. The van der Waals surface area contributed by atoms with Gasteiger partial charge in [0.1, 0.15) is 18.1 Å². The number of para-hydroxylation sites is 1. The van der Waals surface area contributed by atoms with E-state index in [0.717, 1.165) is 10.9 Å². The van der Waals surface area contributed by atoms with Crippen LogP contribution in [0, 0.1) is 5.92 Å². The Bertz CT molecular complexity index is 1130. The van der Waals surface area contributed by atoms with Gasteiger partial charge in [0.25, 0.3) is 0 Å². The number of primary amides is 1. The number of nitrogens with two attached hydrogens (primary N) is 2. The van der Waals surface area contributed by atoms with Crippen molar-refractivity contribution < 1.29 is 29.1 Å². The Morgan fingerprint density at radius 1 is 0.973 bits per heavy atom. The molecule has 5 unspecified atom stereocenters. The van der Waals surface area contributed by atoms with E-state index >= 15 is 0 Å². The molecule has 0 saturated heterocycles. The van der Waals surface area contributed by atoms with Crippen LogP contribution >= 0.6 is 0 Å². The first kappa shape index (κ1) is 29.3. The Morgan fingerprint density at radius 3 is 2.24 bits per heavy atom. The second kappa shape index (κ2) is 13.4. The fraction of sp³-hybridized carbons (Fsp3) is 0.480. The molecule has 0 radical (unpaired) electrons. The Kier molecular flexibility index (Phi) is 10.6. The van der Waals surface area contributed by atoms with Crippen LogP contribution in [0.3, 0.4) is 0 Å². The number of amides is 4. The number of aromatic amines is 1. The number of aliphatic carboxylic acids is 1. The Morgan fingerprint density at radius 2 is 1.62 bits per heavy atom. The molecule has 37 heavy (non-hydrogen) atoms. The van der Waals surface area contributed by atoms with Gasteiger partial charge in [-0.3, -0.25) is 19.2 Å². The molecule has 1 aromatic heterocycles. The fourth-order valence-corrected chi connectivity index (χ4v) is 3.73. The molecule has 12 heteroatoms. The van der Waals surface area contributed by atoms with Crippen LogP contribution < -0.4 is 27.4 Å². The molecule has 0 fully saturated rings. The number of rotatable bonds is 14. The van der Waals surface area contributed by atoms with Crippen molar-refractivity contribution in [1.29, 1.82) is 0 Å². The van der Waals surface area contributed by atoms with Crippen molar-refractivity contribution in [3.8, 4) is 0 Å². The zero-order valence-corrected chi connectivity index (χ0v) is 21.2. The summed E-state index contributed by atoms with van der Waals surface area (Å²) in [6.45, 7) is 5.05. The third-order valence-electron chi connectivity index (χ3n) is 6.34. The minimum absolute atomic E-state index is 0.0244. The zero-order valence-electron chi connectivity index (χ0n) is 21.2. The van der Waals surface area contributed by atoms with Gasteiger partial charge < -0.3 is 37.5 Å². The second-order valence-corrected chi connectivity index (χ2v) is 9.17. The SMILES string of the molecule is CCC(C)C(N)C(=O)NC(CCC(N)=O)C(=O)NC(C)C(=O)NC(Cc1c[nH]c2ccccc12)C(=O)O. The van der Waals surface area contributed by atoms with Gasteiger partial charge in [-0.15, -0.1) is 0 Å². The molecule has 2 rings (SSSR count). The van der Waals surface area contributed by atoms with E-state index in [0.29, 0.717) is 12.0 Å². The van der Waals surface area contributed by atoms with Gasteiger partial charge in [-0.05, 0) is 30.9 Å². The van der Waals surface area contributed by atoms with Gasteiger partial charge in [0.2, 0.25) is 23.6 Å². The van der Waals surface area contributed by atoms with E-state index in [2.05, 4.69) is 20.9 Å². The molecule has 4 amide bonds. The van der Waals surface area contributed by atoms with E-state index < -0.39 is 53.8 Å². The summed E-state index contributed by atoms with van der Waals surface area (Å²) in [5, 5.41) is 17.9. The van der Waals surface area contributed by atoms with Crippen LogP contribution in [0.1, 0.15) is 45.6 Å². The van der Waals surface area contributed by atoms with Crippen LogP contribution in [0.25, 0.3) is 10.9 Å². The summed E-state index contributed by atoms with van der Waals surface area (Å²) < 4.78 is 0. The number of hydrogen-bond acceptors (Lipinski definition) is 6. The van der Waals surface area contributed by atoms with Crippen LogP contribution in [0.5, 0.6) is 0 Å². The monoisotopic (exact) mass is 516 g/mol. The van der Waals surface area contributed by atoms with E-state index in [-0.39, 0.29) is 25.2 Å². The van der Waals surface area contributed by atoms with Crippen LogP contribution in [0.2, 0.25) is 0 Å². The van der Waals surface area contributed by atoms with E-state index in [1.54, 1.807) is 13.1 Å². The van der Waals surface area contributed by atoms with Crippen LogP contribution in [0.4, 0.5) is 0 Å². The molecule has 1 heterocycles. The molecular formula is C25H36N6O6. The predicted octanol–water partition coefficient (Wildman–Crippen LogP) is -0.0918. The van der Waals surface area contributed by atoms with E-state index in [9.17, 15) is 29.1 Å². The lowest BCUT2D eigenvalue weighted by Crippen LogP contribution is -2.57. The van der Waals surface area contributed by atoms with E-state index in [4.69, 9.17) is 11.5 Å². The topological polar surface area (TPSA) is 209 Å². The van der Waals surface area contributed by atoms with Gasteiger partial charge in [0, 0.05) is 29.9 Å². The maximum absolute atomic E-state index is 12.9. The van der Waals surface area contributed by atoms with E-state index in [1.807, 2.05) is 31.2 Å². The Labute approximate surface area is 214 Å². The average molecular weight is 517 g/mol. The molecule has 0 saturated carbocycles. The quantitative estimate of drug-likeness (QED) is 0.181. The smallest absolute Gasteiger partial charge is 0.326 e. The van der Waals surface area contributed by atoms with Gasteiger partial charge in [-0.2, -0.15) is 0 Å². The van der Waals surface area contributed by atoms with Gasteiger partial charge >= 0.3 is 5.97 Å². The largest absolute Gasteiger partial charge is 0.480 e. The molecule has 0 aliphatic carbocycles. The minimum Gasteiger partial charge on any atom is -0.480 e. The predicted molar refractivity (Wildman–Crippen MR) is 137 cm³/mol. The number of H-pyrrole nitrogens is 1. The second-order valence-electron chi connectivity index (χ2n) is 9.17. The summed E-state index contributed by atoms with van der Waals surface area (Å²) in [4.78, 5) is 64.3. The van der Waals surface area contributed by atoms with E-state index in [1.165, 1.54) is 6.92 Å². The Balaban J connectivity index is 2.06. The van der Waals surface area contributed by atoms with Crippen LogP contribution in [-0.4, -0.2) is 63.9 Å². The van der Waals surface area contributed by atoms with Crippen molar-refractivity contribution in [3.63, 3.8) is 0 Å². The highest BCUT2D eigenvalue weighted by molar-refractivity contribution is 5.94. The van der Waals surface area contributed by atoms with Gasteiger partial charge in [-0.1, -0.05) is 38.5 Å². The molecule has 12 nitrogen and oxygen atoms in total. The molecule has 5 atom stereocenters. The molecule has 202 valence electrons. The van der Waals surface area contributed by atoms with Crippen molar-refractivity contribution in [2.24, 2.45) is 17.4 Å². The molecule has 1 aromatic carbocycles. The minimum atomic E-state index is -1.25.